The Morgan fingerprint density at radius 3 is 2.48 bits per heavy atom. The van der Waals surface area contributed by atoms with E-state index in [2.05, 4.69) is 29.8 Å². The molecule has 6 heteroatoms. The number of amides is 1. The molecule has 27 heavy (non-hydrogen) atoms. The Morgan fingerprint density at radius 2 is 1.85 bits per heavy atom. The molecule has 2 aromatic carbocycles. The number of rotatable bonds is 10. The van der Waals surface area contributed by atoms with Gasteiger partial charge < -0.3 is 21.7 Å². The number of halogens is 1. The van der Waals surface area contributed by atoms with Crippen molar-refractivity contribution in [3.05, 3.63) is 58.6 Å². The van der Waals surface area contributed by atoms with Crippen molar-refractivity contribution in [1.29, 1.82) is 0 Å². The standard InChI is InChI=1S/C21H29ClN4O/c1-3-12-24-19-10-9-18(14-15(19)4-2)26-21(27)20(25-13-11-23)16-5-7-17(22)8-6-16/h5-10,14,20,24-25H,3-4,11-13,23H2,1-2H3,(H,26,27). The first-order valence-electron chi connectivity index (χ1n) is 9.45. The van der Waals surface area contributed by atoms with E-state index in [1.54, 1.807) is 12.1 Å². The number of carbonyl (C=O) groups excluding carboxylic acids is 1. The molecular weight excluding hydrogens is 360 g/mol. The molecule has 0 saturated heterocycles. The second-order valence-corrected chi connectivity index (χ2v) is 6.81. The third-order valence-electron chi connectivity index (χ3n) is 4.28. The lowest BCUT2D eigenvalue weighted by Gasteiger charge is -2.19. The summed E-state index contributed by atoms with van der Waals surface area (Å²) in [7, 11) is 0. The summed E-state index contributed by atoms with van der Waals surface area (Å²) in [6.07, 6.45) is 1.96. The number of carbonyl (C=O) groups is 1. The highest BCUT2D eigenvalue weighted by molar-refractivity contribution is 6.30. The zero-order valence-electron chi connectivity index (χ0n) is 16.0. The molecule has 5 nitrogen and oxygen atoms in total. The fraction of sp³-hybridized carbons (Fsp3) is 0.381. The van der Waals surface area contributed by atoms with E-state index in [0.29, 0.717) is 18.1 Å². The van der Waals surface area contributed by atoms with Crippen LogP contribution in [0, 0.1) is 0 Å². The third-order valence-corrected chi connectivity index (χ3v) is 4.53. The van der Waals surface area contributed by atoms with E-state index < -0.39 is 6.04 Å². The normalized spacial score (nSPS) is 11.9. The smallest absolute Gasteiger partial charge is 0.246 e. The van der Waals surface area contributed by atoms with Crippen molar-refractivity contribution in [3.8, 4) is 0 Å². The van der Waals surface area contributed by atoms with Gasteiger partial charge in [0, 0.05) is 36.0 Å². The van der Waals surface area contributed by atoms with E-state index in [1.165, 1.54) is 5.56 Å². The second kappa shape index (κ2) is 10.9. The summed E-state index contributed by atoms with van der Waals surface area (Å²) in [5.74, 6) is -0.123. The van der Waals surface area contributed by atoms with Crippen molar-refractivity contribution >= 4 is 28.9 Å². The van der Waals surface area contributed by atoms with Gasteiger partial charge in [-0.15, -0.1) is 0 Å². The zero-order valence-corrected chi connectivity index (χ0v) is 16.8. The van der Waals surface area contributed by atoms with Crippen molar-refractivity contribution in [1.82, 2.24) is 5.32 Å². The largest absolute Gasteiger partial charge is 0.385 e. The Balaban J connectivity index is 2.17. The van der Waals surface area contributed by atoms with Crippen LogP contribution >= 0.6 is 11.6 Å². The third kappa shape index (κ3) is 6.24. The number of nitrogens with one attached hydrogen (secondary N) is 3. The molecule has 0 radical (unpaired) electrons. The van der Waals surface area contributed by atoms with Crippen LogP contribution < -0.4 is 21.7 Å². The quantitative estimate of drug-likeness (QED) is 0.497. The van der Waals surface area contributed by atoms with Gasteiger partial charge in [0.2, 0.25) is 5.91 Å². The Bertz CT molecular complexity index is 733. The Kier molecular flexibility index (Phi) is 8.58. The lowest BCUT2D eigenvalue weighted by Crippen LogP contribution is -2.35. The van der Waals surface area contributed by atoms with Crippen LogP contribution in [0.2, 0.25) is 5.02 Å². The van der Waals surface area contributed by atoms with E-state index in [9.17, 15) is 4.79 Å². The molecule has 1 atom stereocenters. The van der Waals surface area contributed by atoms with Gasteiger partial charge in [-0.1, -0.05) is 37.6 Å². The summed E-state index contributed by atoms with van der Waals surface area (Å²) in [6.45, 7) is 6.17. The molecule has 0 spiro atoms. The number of hydrogen-bond acceptors (Lipinski definition) is 4. The Morgan fingerprint density at radius 1 is 1.11 bits per heavy atom. The van der Waals surface area contributed by atoms with Crippen molar-refractivity contribution in [2.24, 2.45) is 5.73 Å². The molecule has 1 unspecified atom stereocenters. The average Bonchev–Trinajstić information content (AvgIpc) is 2.68. The first kappa shape index (κ1) is 21.2. The molecule has 0 saturated carbocycles. The van der Waals surface area contributed by atoms with Crippen LogP contribution in [0.5, 0.6) is 0 Å². The maximum atomic E-state index is 12.9. The first-order chi connectivity index (χ1) is 13.1. The monoisotopic (exact) mass is 388 g/mol. The van der Waals surface area contributed by atoms with E-state index in [1.807, 2.05) is 30.3 Å². The van der Waals surface area contributed by atoms with Gasteiger partial charge in [0.15, 0.2) is 0 Å². The minimum atomic E-state index is -0.492. The summed E-state index contributed by atoms with van der Waals surface area (Å²) in [4.78, 5) is 12.9. The van der Waals surface area contributed by atoms with Crippen LogP contribution in [-0.4, -0.2) is 25.5 Å². The Labute approximate surface area is 166 Å². The van der Waals surface area contributed by atoms with E-state index in [0.717, 1.165) is 36.3 Å². The molecule has 0 aliphatic rings. The average molecular weight is 389 g/mol. The molecule has 0 aliphatic heterocycles. The zero-order chi connectivity index (χ0) is 19.6. The number of benzene rings is 2. The van der Waals surface area contributed by atoms with Crippen molar-refractivity contribution in [2.75, 3.05) is 30.3 Å². The number of nitrogens with two attached hydrogens (primary N) is 1. The van der Waals surface area contributed by atoms with Crippen LogP contribution in [0.25, 0.3) is 0 Å². The van der Waals surface area contributed by atoms with Crippen LogP contribution in [0.3, 0.4) is 0 Å². The molecule has 1 amide bonds. The minimum Gasteiger partial charge on any atom is -0.385 e. The topological polar surface area (TPSA) is 79.2 Å². The van der Waals surface area contributed by atoms with E-state index in [4.69, 9.17) is 17.3 Å². The Hall–Kier alpha value is -2.08. The maximum absolute atomic E-state index is 12.9. The predicted octanol–water partition coefficient (Wildman–Crippen LogP) is 3.95. The lowest BCUT2D eigenvalue weighted by atomic mass is 10.1. The molecule has 0 aromatic heterocycles. The highest BCUT2D eigenvalue weighted by Gasteiger charge is 2.20. The summed E-state index contributed by atoms with van der Waals surface area (Å²) in [5.41, 5.74) is 9.54. The van der Waals surface area contributed by atoms with Crippen LogP contribution in [0.1, 0.15) is 37.4 Å². The van der Waals surface area contributed by atoms with Crippen molar-refractivity contribution in [2.45, 2.75) is 32.7 Å². The van der Waals surface area contributed by atoms with Crippen LogP contribution in [0.4, 0.5) is 11.4 Å². The van der Waals surface area contributed by atoms with Crippen LogP contribution in [-0.2, 0) is 11.2 Å². The molecule has 0 fully saturated rings. The second-order valence-electron chi connectivity index (χ2n) is 6.37. The van der Waals surface area contributed by atoms with Gasteiger partial charge in [-0.2, -0.15) is 0 Å². The van der Waals surface area contributed by atoms with E-state index >= 15 is 0 Å². The molecule has 0 bridgehead atoms. The van der Waals surface area contributed by atoms with Crippen molar-refractivity contribution < 1.29 is 4.79 Å². The highest BCUT2D eigenvalue weighted by atomic mass is 35.5. The number of hydrogen-bond donors (Lipinski definition) is 4. The predicted molar refractivity (Wildman–Crippen MR) is 114 cm³/mol. The van der Waals surface area contributed by atoms with Crippen molar-refractivity contribution in [3.63, 3.8) is 0 Å². The SMILES string of the molecule is CCCNc1ccc(NC(=O)C(NCCN)c2ccc(Cl)cc2)cc1CC. The van der Waals surface area contributed by atoms with Gasteiger partial charge in [0.1, 0.15) is 6.04 Å². The molecule has 146 valence electrons. The summed E-state index contributed by atoms with van der Waals surface area (Å²) < 4.78 is 0. The molecule has 0 aliphatic carbocycles. The summed E-state index contributed by atoms with van der Waals surface area (Å²) in [5, 5.41) is 10.3. The first-order valence-corrected chi connectivity index (χ1v) is 9.83. The minimum absolute atomic E-state index is 0.123. The fourth-order valence-electron chi connectivity index (χ4n) is 2.86. The molecule has 0 heterocycles. The number of aryl methyl sites for hydroxylation is 1. The summed E-state index contributed by atoms with van der Waals surface area (Å²) >= 11 is 5.97. The van der Waals surface area contributed by atoms with Gasteiger partial charge >= 0.3 is 0 Å². The lowest BCUT2D eigenvalue weighted by molar-refractivity contribution is -0.118. The summed E-state index contributed by atoms with van der Waals surface area (Å²) in [6, 6.07) is 12.8. The highest BCUT2D eigenvalue weighted by Crippen LogP contribution is 2.23. The van der Waals surface area contributed by atoms with Gasteiger partial charge in [0.05, 0.1) is 0 Å². The van der Waals surface area contributed by atoms with Gasteiger partial charge in [-0.25, -0.2) is 0 Å². The molecular formula is C21H29ClN4O. The van der Waals surface area contributed by atoms with Gasteiger partial charge in [-0.3, -0.25) is 4.79 Å². The molecule has 2 aromatic rings. The van der Waals surface area contributed by atoms with E-state index in [-0.39, 0.29) is 5.91 Å². The van der Waals surface area contributed by atoms with Crippen LogP contribution in [0.15, 0.2) is 42.5 Å². The van der Waals surface area contributed by atoms with Gasteiger partial charge in [0.25, 0.3) is 0 Å². The molecule has 5 N–H and O–H groups in total. The maximum Gasteiger partial charge on any atom is 0.246 e. The number of anilines is 2. The van der Waals surface area contributed by atoms with Gasteiger partial charge in [-0.05, 0) is 54.3 Å². The molecule has 2 rings (SSSR count). The fourth-order valence-corrected chi connectivity index (χ4v) is 2.98.